The Hall–Kier alpha value is -3.45. The second kappa shape index (κ2) is 9.57. The van der Waals surface area contributed by atoms with Gasteiger partial charge in [0.15, 0.2) is 0 Å². The van der Waals surface area contributed by atoms with Crippen LogP contribution in [0.5, 0.6) is 0 Å². The van der Waals surface area contributed by atoms with Crippen LogP contribution in [-0.2, 0) is 11.3 Å². The molecule has 0 bridgehead atoms. The van der Waals surface area contributed by atoms with Crippen LogP contribution < -0.4 is 16.2 Å². The van der Waals surface area contributed by atoms with Gasteiger partial charge >= 0.3 is 0 Å². The number of aryl methyl sites for hydroxylation is 4. The number of amides is 2. The van der Waals surface area contributed by atoms with Crippen molar-refractivity contribution in [3.8, 4) is 0 Å². The molecule has 1 heterocycles. The second-order valence-electron chi connectivity index (χ2n) is 7.31. The van der Waals surface area contributed by atoms with Gasteiger partial charge in [-0.2, -0.15) is 5.10 Å². The van der Waals surface area contributed by atoms with E-state index in [2.05, 4.69) is 15.7 Å². The molecule has 0 fully saturated rings. The Kier molecular flexibility index (Phi) is 6.87. The van der Waals surface area contributed by atoms with Crippen LogP contribution in [0.2, 0.25) is 5.02 Å². The number of nitrogens with one attached hydrogen (secondary N) is 2. The molecule has 2 amide bonds. The van der Waals surface area contributed by atoms with Gasteiger partial charge in [-0.05, 0) is 67.8 Å². The van der Waals surface area contributed by atoms with Gasteiger partial charge in [0, 0.05) is 18.2 Å². The zero-order chi connectivity index (χ0) is 22.5. The quantitative estimate of drug-likeness (QED) is 0.605. The van der Waals surface area contributed by atoms with Crippen LogP contribution in [0.15, 0.2) is 53.3 Å². The molecule has 8 heteroatoms. The zero-order valence-corrected chi connectivity index (χ0v) is 18.3. The van der Waals surface area contributed by atoms with Gasteiger partial charge in [-0.1, -0.05) is 23.7 Å². The molecule has 0 atom stereocenters. The summed E-state index contributed by atoms with van der Waals surface area (Å²) in [6, 6.07) is 13.5. The number of aromatic nitrogens is 2. The second-order valence-corrected chi connectivity index (χ2v) is 7.72. The van der Waals surface area contributed by atoms with Gasteiger partial charge in [-0.25, -0.2) is 4.68 Å². The molecule has 3 rings (SSSR count). The lowest BCUT2D eigenvalue weighted by Crippen LogP contribution is -2.28. The third kappa shape index (κ3) is 5.79. The van der Waals surface area contributed by atoms with Gasteiger partial charge in [0.2, 0.25) is 5.91 Å². The van der Waals surface area contributed by atoms with Gasteiger partial charge in [0.25, 0.3) is 11.5 Å². The molecule has 0 aliphatic carbocycles. The third-order valence-electron chi connectivity index (χ3n) is 4.81. The monoisotopic (exact) mass is 438 g/mol. The molecule has 0 aliphatic rings. The number of hydrogen-bond acceptors (Lipinski definition) is 4. The molecule has 0 saturated carbocycles. The van der Waals surface area contributed by atoms with E-state index in [1.807, 2.05) is 39.0 Å². The predicted molar refractivity (Wildman–Crippen MR) is 122 cm³/mol. The number of rotatable bonds is 6. The molecule has 0 aliphatic heterocycles. The number of carbonyl (C=O) groups excluding carboxylic acids is 2. The highest BCUT2D eigenvalue weighted by atomic mass is 35.5. The number of nitrogens with zero attached hydrogens (tertiary/aromatic N) is 2. The SMILES string of the molecule is Cc1ccc(NC(=O)CCn2nc(C(=O)Nc3ccc(C)c(C)c3)ccc2=O)c(Cl)c1. The Morgan fingerprint density at radius 3 is 2.45 bits per heavy atom. The smallest absolute Gasteiger partial charge is 0.276 e. The molecule has 0 saturated heterocycles. The minimum atomic E-state index is -0.437. The average molecular weight is 439 g/mol. The summed E-state index contributed by atoms with van der Waals surface area (Å²) in [5.41, 5.74) is 3.98. The van der Waals surface area contributed by atoms with Crippen molar-refractivity contribution in [2.24, 2.45) is 0 Å². The lowest BCUT2D eigenvalue weighted by Gasteiger charge is -2.10. The summed E-state index contributed by atoms with van der Waals surface area (Å²) >= 11 is 6.13. The number of anilines is 2. The first-order valence-electron chi connectivity index (χ1n) is 9.76. The lowest BCUT2D eigenvalue weighted by atomic mass is 10.1. The summed E-state index contributed by atoms with van der Waals surface area (Å²) in [7, 11) is 0. The Labute approximate surface area is 185 Å². The molecule has 7 nitrogen and oxygen atoms in total. The van der Waals surface area contributed by atoms with E-state index in [1.54, 1.807) is 18.2 Å². The van der Waals surface area contributed by atoms with Gasteiger partial charge in [0.1, 0.15) is 5.69 Å². The Bertz CT molecular complexity index is 1200. The highest BCUT2D eigenvalue weighted by Crippen LogP contribution is 2.22. The minimum Gasteiger partial charge on any atom is -0.325 e. The van der Waals surface area contributed by atoms with Crippen molar-refractivity contribution >= 4 is 34.8 Å². The van der Waals surface area contributed by atoms with Gasteiger partial charge in [-0.15, -0.1) is 0 Å². The van der Waals surface area contributed by atoms with E-state index in [0.717, 1.165) is 21.4 Å². The van der Waals surface area contributed by atoms with E-state index in [-0.39, 0.29) is 24.6 Å². The van der Waals surface area contributed by atoms with Crippen LogP contribution in [0, 0.1) is 20.8 Å². The van der Waals surface area contributed by atoms with E-state index >= 15 is 0 Å². The van der Waals surface area contributed by atoms with E-state index in [9.17, 15) is 14.4 Å². The fourth-order valence-electron chi connectivity index (χ4n) is 2.89. The average Bonchev–Trinajstić information content (AvgIpc) is 2.72. The van der Waals surface area contributed by atoms with Crippen LogP contribution in [-0.4, -0.2) is 21.6 Å². The van der Waals surface area contributed by atoms with E-state index in [0.29, 0.717) is 16.4 Å². The van der Waals surface area contributed by atoms with Crippen molar-refractivity contribution < 1.29 is 9.59 Å². The number of halogens is 1. The maximum absolute atomic E-state index is 12.5. The summed E-state index contributed by atoms with van der Waals surface area (Å²) in [4.78, 5) is 36.9. The first-order chi connectivity index (χ1) is 14.7. The minimum absolute atomic E-state index is 0.000654. The highest BCUT2D eigenvalue weighted by molar-refractivity contribution is 6.33. The maximum atomic E-state index is 12.5. The standard InChI is InChI=1S/C23H23ClN4O3/c1-14-4-7-19(18(24)12-14)26-21(29)10-11-28-22(30)9-8-20(27-28)23(31)25-17-6-5-15(2)16(3)13-17/h4-9,12-13H,10-11H2,1-3H3,(H,25,31)(H,26,29). The van der Waals surface area contributed by atoms with E-state index in [1.165, 1.54) is 12.1 Å². The first kappa shape index (κ1) is 22.2. The molecule has 0 radical (unpaired) electrons. The molecule has 0 unspecified atom stereocenters. The molecule has 3 aromatic rings. The summed E-state index contributed by atoms with van der Waals surface area (Å²) in [6.45, 7) is 5.87. The third-order valence-corrected chi connectivity index (χ3v) is 5.13. The largest absolute Gasteiger partial charge is 0.325 e. The Morgan fingerprint density at radius 1 is 0.968 bits per heavy atom. The number of hydrogen-bond donors (Lipinski definition) is 2. The molecule has 0 spiro atoms. The van der Waals surface area contributed by atoms with Crippen LogP contribution >= 0.6 is 11.6 Å². The number of carbonyl (C=O) groups is 2. The number of benzene rings is 2. The molecular formula is C23H23ClN4O3. The van der Waals surface area contributed by atoms with Crippen molar-refractivity contribution in [3.05, 3.63) is 86.3 Å². The van der Waals surface area contributed by atoms with E-state index in [4.69, 9.17) is 11.6 Å². The van der Waals surface area contributed by atoms with Crippen LogP contribution in [0.25, 0.3) is 0 Å². The normalized spacial score (nSPS) is 10.6. The molecule has 2 aromatic carbocycles. The van der Waals surface area contributed by atoms with Crippen molar-refractivity contribution in [3.63, 3.8) is 0 Å². The molecule has 160 valence electrons. The summed E-state index contributed by atoms with van der Waals surface area (Å²) in [6.07, 6.45) is -0.000654. The van der Waals surface area contributed by atoms with Crippen LogP contribution in [0.1, 0.15) is 33.6 Å². The summed E-state index contributed by atoms with van der Waals surface area (Å²) in [5.74, 6) is -0.752. The fraction of sp³-hybridized carbons (Fsp3) is 0.217. The molecular weight excluding hydrogens is 416 g/mol. The van der Waals surface area contributed by atoms with Crippen molar-refractivity contribution in [1.29, 1.82) is 0 Å². The summed E-state index contributed by atoms with van der Waals surface area (Å²) < 4.78 is 1.10. The van der Waals surface area contributed by atoms with Crippen molar-refractivity contribution in [2.45, 2.75) is 33.7 Å². The van der Waals surface area contributed by atoms with Crippen molar-refractivity contribution in [2.75, 3.05) is 10.6 Å². The lowest BCUT2D eigenvalue weighted by molar-refractivity contribution is -0.116. The Balaban J connectivity index is 1.66. The van der Waals surface area contributed by atoms with Gasteiger partial charge < -0.3 is 10.6 Å². The van der Waals surface area contributed by atoms with Crippen LogP contribution in [0.4, 0.5) is 11.4 Å². The Morgan fingerprint density at radius 2 is 1.74 bits per heavy atom. The highest BCUT2D eigenvalue weighted by Gasteiger charge is 2.12. The van der Waals surface area contributed by atoms with Gasteiger partial charge in [0.05, 0.1) is 17.3 Å². The predicted octanol–water partition coefficient (Wildman–Crippen LogP) is 4.10. The zero-order valence-electron chi connectivity index (χ0n) is 17.5. The van der Waals surface area contributed by atoms with Gasteiger partial charge in [-0.3, -0.25) is 14.4 Å². The fourth-order valence-corrected chi connectivity index (χ4v) is 3.17. The topological polar surface area (TPSA) is 93.1 Å². The molecule has 31 heavy (non-hydrogen) atoms. The van der Waals surface area contributed by atoms with Crippen LogP contribution in [0.3, 0.4) is 0 Å². The first-order valence-corrected chi connectivity index (χ1v) is 10.1. The molecule has 2 N–H and O–H groups in total. The molecule has 1 aromatic heterocycles. The summed E-state index contributed by atoms with van der Waals surface area (Å²) in [5, 5.41) is 10.0. The van der Waals surface area contributed by atoms with Crippen molar-refractivity contribution in [1.82, 2.24) is 9.78 Å². The van der Waals surface area contributed by atoms with E-state index < -0.39 is 11.5 Å². The maximum Gasteiger partial charge on any atom is 0.276 e.